The molecule has 0 aliphatic rings. The summed E-state index contributed by atoms with van der Waals surface area (Å²) in [5.74, 6) is 0.774. The van der Waals surface area contributed by atoms with Gasteiger partial charge in [-0.25, -0.2) is 0 Å². The number of rotatable bonds is 6. The predicted octanol–water partition coefficient (Wildman–Crippen LogP) is 3.21. The van der Waals surface area contributed by atoms with Crippen LogP contribution >= 0.6 is 0 Å². The van der Waals surface area contributed by atoms with E-state index in [0.717, 1.165) is 16.7 Å². The number of nitrogen functional groups attached to an aromatic ring is 2. The smallest absolute Gasteiger partial charge is 0.122 e. The second-order valence-corrected chi connectivity index (χ2v) is 6.11. The molecule has 3 aromatic rings. The summed E-state index contributed by atoms with van der Waals surface area (Å²) in [5.41, 5.74) is 14.7. The fourth-order valence-electron chi connectivity index (χ4n) is 2.69. The van der Waals surface area contributed by atoms with E-state index < -0.39 is 0 Å². The Labute approximate surface area is 157 Å². The molecular formula is C21H20N4O2. The Hall–Kier alpha value is -3.80. The molecule has 0 heterocycles. The first-order valence-electron chi connectivity index (χ1n) is 8.27. The summed E-state index contributed by atoms with van der Waals surface area (Å²) in [6.45, 7) is 0.271. The molecular weight excluding hydrogens is 340 g/mol. The number of ether oxygens (including phenoxy) is 1. The predicted molar refractivity (Wildman–Crippen MR) is 106 cm³/mol. The summed E-state index contributed by atoms with van der Waals surface area (Å²) >= 11 is 0. The Balaban J connectivity index is 1.80. The van der Waals surface area contributed by atoms with Crippen molar-refractivity contribution < 1.29 is 9.84 Å². The van der Waals surface area contributed by atoms with E-state index >= 15 is 0 Å². The molecule has 27 heavy (non-hydrogen) atoms. The van der Waals surface area contributed by atoms with Crippen LogP contribution in [0.15, 0.2) is 66.7 Å². The van der Waals surface area contributed by atoms with E-state index in [1.165, 1.54) is 0 Å². The second kappa shape index (κ2) is 7.61. The highest BCUT2D eigenvalue weighted by Gasteiger charge is 2.06. The van der Waals surface area contributed by atoms with E-state index in [4.69, 9.17) is 27.0 Å². The quantitative estimate of drug-likeness (QED) is 0.341. The fourth-order valence-corrected chi connectivity index (χ4v) is 2.69. The maximum atomic E-state index is 10.1. The molecule has 0 aliphatic heterocycles. The van der Waals surface area contributed by atoms with Gasteiger partial charge in [0.25, 0.3) is 0 Å². The highest BCUT2D eigenvalue weighted by atomic mass is 16.5. The maximum absolute atomic E-state index is 10.1. The summed E-state index contributed by atoms with van der Waals surface area (Å²) in [6, 6.07) is 19.4. The fraction of sp³-hybridized carbons (Fsp3) is 0.0476. The van der Waals surface area contributed by atoms with Crippen molar-refractivity contribution >= 4 is 11.7 Å². The van der Waals surface area contributed by atoms with Crippen LogP contribution in [0.3, 0.4) is 0 Å². The molecule has 0 bridgehead atoms. The molecule has 0 aromatic heterocycles. The molecule has 7 N–H and O–H groups in total. The standard InChI is InChI=1S/C21H20N4O2/c22-20(23)14-4-6-19(7-5-14)27-12-13-8-17(11-18(26)9-13)15-2-1-3-16(10-15)21(24)25/h1-11,26H,12H2,(H3,22,23)(H3,24,25). The van der Waals surface area contributed by atoms with Gasteiger partial charge in [-0.2, -0.15) is 0 Å². The number of phenols is 1. The highest BCUT2D eigenvalue weighted by molar-refractivity contribution is 5.96. The lowest BCUT2D eigenvalue weighted by molar-refractivity contribution is 0.305. The number of nitrogens with one attached hydrogen (secondary N) is 2. The van der Waals surface area contributed by atoms with Crippen molar-refractivity contribution in [3.63, 3.8) is 0 Å². The summed E-state index contributed by atoms with van der Waals surface area (Å²) in [6.07, 6.45) is 0. The molecule has 6 heteroatoms. The lowest BCUT2D eigenvalue weighted by Gasteiger charge is -2.10. The highest BCUT2D eigenvalue weighted by Crippen LogP contribution is 2.27. The zero-order valence-corrected chi connectivity index (χ0v) is 14.6. The van der Waals surface area contributed by atoms with Gasteiger partial charge in [0.05, 0.1) is 0 Å². The Morgan fingerprint density at radius 2 is 1.52 bits per heavy atom. The summed E-state index contributed by atoms with van der Waals surface area (Å²) in [7, 11) is 0. The van der Waals surface area contributed by atoms with Crippen LogP contribution in [0.25, 0.3) is 11.1 Å². The van der Waals surface area contributed by atoms with Crippen molar-refractivity contribution in [2.75, 3.05) is 0 Å². The van der Waals surface area contributed by atoms with Crippen molar-refractivity contribution in [3.8, 4) is 22.6 Å². The zero-order chi connectivity index (χ0) is 19.4. The van der Waals surface area contributed by atoms with E-state index in [0.29, 0.717) is 16.9 Å². The number of hydrogen-bond donors (Lipinski definition) is 5. The van der Waals surface area contributed by atoms with Gasteiger partial charge in [-0.1, -0.05) is 18.2 Å². The molecule has 0 amide bonds. The van der Waals surface area contributed by atoms with Crippen LogP contribution in [-0.2, 0) is 6.61 Å². The number of amidine groups is 2. The minimum atomic E-state index is -0.00503. The second-order valence-electron chi connectivity index (χ2n) is 6.11. The topological polar surface area (TPSA) is 129 Å². The van der Waals surface area contributed by atoms with Crippen LogP contribution < -0.4 is 16.2 Å². The van der Waals surface area contributed by atoms with Crippen LogP contribution in [0.2, 0.25) is 0 Å². The molecule has 6 nitrogen and oxygen atoms in total. The van der Waals surface area contributed by atoms with Crippen LogP contribution in [0.1, 0.15) is 16.7 Å². The average Bonchev–Trinajstić information content (AvgIpc) is 2.66. The van der Waals surface area contributed by atoms with Gasteiger partial charge in [-0.15, -0.1) is 0 Å². The van der Waals surface area contributed by atoms with Gasteiger partial charge < -0.3 is 21.3 Å². The lowest BCUT2D eigenvalue weighted by atomic mass is 10.0. The van der Waals surface area contributed by atoms with Gasteiger partial charge in [0.15, 0.2) is 0 Å². The van der Waals surface area contributed by atoms with Crippen molar-refractivity contribution in [1.29, 1.82) is 10.8 Å². The minimum Gasteiger partial charge on any atom is -0.508 e. The summed E-state index contributed by atoms with van der Waals surface area (Å²) in [4.78, 5) is 0. The van der Waals surface area contributed by atoms with Gasteiger partial charge in [-0.3, -0.25) is 10.8 Å². The average molecular weight is 360 g/mol. The number of phenolic OH excluding ortho intramolecular Hbond substituents is 1. The van der Waals surface area contributed by atoms with E-state index in [-0.39, 0.29) is 24.0 Å². The number of nitrogens with two attached hydrogens (primary N) is 2. The largest absolute Gasteiger partial charge is 0.508 e. The molecule has 3 rings (SSSR count). The van der Waals surface area contributed by atoms with Crippen LogP contribution in [0, 0.1) is 10.8 Å². The van der Waals surface area contributed by atoms with E-state index in [2.05, 4.69) is 0 Å². The van der Waals surface area contributed by atoms with Gasteiger partial charge in [0, 0.05) is 11.1 Å². The molecule has 0 spiro atoms. The first kappa shape index (κ1) is 18.0. The van der Waals surface area contributed by atoms with E-state index in [1.54, 1.807) is 42.5 Å². The first-order chi connectivity index (χ1) is 12.9. The van der Waals surface area contributed by atoms with Crippen molar-refractivity contribution in [2.45, 2.75) is 6.61 Å². The van der Waals surface area contributed by atoms with Crippen molar-refractivity contribution in [2.24, 2.45) is 11.5 Å². The SMILES string of the molecule is N=C(N)c1ccc(OCc2cc(O)cc(-c3cccc(C(=N)N)c3)c2)cc1. The third-order valence-corrected chi connectivity index (χ3v) is 4.06. The Kier molecular flexibility index (Phi) is 5.08. The van der Waals surface area contributed by atoms with Gasteiger partial charge in [0.1, 0.15) is 29.8 Å². The monoisotopic (exact) mass is 360 g/mol. The maximum Gasteiger partial charge on any atom is 0.122 e. The molecule has 0 unspecified atom stereocenters. The summed E-state index contributed by atoms with van der Waals surface area (Å²) < 4.78 is 5.76. The Morgan fingerprint density at radius 1 is 0.815 bits per heavy atom. The molecule has 0 saturated heterocycles. The molecule has 0 fully saturated rings. The first-order valence-corrected chi connectivity index (χ1v) is 8.27. The van der Waals surface area contributed by atoms with E-state index in [1.807, 2.05) is 24.3 Å². The van der Waals surface area contributed by atoms with Crippen molar-refractivity contribution in [3.05, 3.63) is 83.4 Å². The lowest BCUT2D eigenvalue weighted by Crippen LogP contribution is -2.10. The molecule has 0 radical (unpaired) electrons. The van der Waals surface area contributed by atoms with Crippen LogP contribution in [0.4, 0.5) is 0 Å². The minimum absolute atomic E-state index is 0.00503. The van der Waals surface area contributed by atoms with Crippen molar-refractivity contribution in [1.82, 2.24) is 0 Å². The zero-order valence-electron chi connectivity index (χ0n) is 14.6. The van der Waals surface area contributed by atoms with Crippen LogP contribution in [0.5, 0.6) is 11.5 Å². The molecule has 0 saturated carbocycles. The van der Waals surface area contributed by atoms with E-state index in [9.17, 15) is 5.11 Å². The Morgan fingerprint density at radius 3 is 2.19 bits per heavy atom. The molecule has 3 aromatic carbocycles. The third-order valence-electron chi connectivity index (χ3n) is 4.06. The van der Waals surface area contributed by atoms with Gasteiger partial charge >= 0.3 is 0 Å². The number of aromatic hydroxyl groups is 1. The normalized spacial score (nSPS) is 10.4. The number of benzene rings is 3. The summed E-state index contributed by atoms with van der Waals surface area (Å²) in [5, 5.41) is 25.0. The van der Waals surface area contributed by atoms with Gasteiger partial charge in [-0.05, 0) is 65.2 Å². The molecule has 0 atom stereocenters. The van der Waals surface area contributed by atoms with Gasteiger partial charge in [0.2, 0.25) is 0 Å². The molecule has 0 aliphatic carbocycles. The van der Waals surface area contributed by atoms with Crippen LogP contribution in [-0.4, -0.2) is 16.8 Å². The Bertz CT molecular complexity index is 997. The molecule has 136 valence electrons. The number of hydrogen-bond acceptors (Lipinski definition) is 4. The third kappa shape index (κ3) is 4.43.